The lowest BCUT2D eigenvalue weighted by Gasteiger charge is -2.02. The molecule has 4 heteroatoms. The number of carbonyl (C=O) groups is 1. The largest absolute Gasteiger partial charge is 0.481 e. The van der Waals surface area contributed by atoms with Crippen LogP contribution in [0.5, 0.6) is 0 Å². The second-order valence-corrected chi connectivity index (χ2v) is 3.06. The molecule has 0 saturated carbocycles. The van der Waals surface area contributed by atoms with Gasteiger partial charge in [0.1, 0.15) is 0 Å². The van der Waals surface area contributed by atoms with E-state index < -0.39 is 5.97 Å². The molecule has 1 heterocycles. The van der Waals surface area contributed by atoms with Gasteiger partial charge in [-0.25, -0.2) is 0 Å². The number of aliphatic carboxylic acids is 1. The SMILES string of the molecule is Cl.O=C(O)Cc1cccc2ncccc12. The van der Waals surface area contributed by atoms with Gasteiger partial charge >= 0.3 is 5.97 Å². The second kappa shape index (κ2) is 4.75. The highest BCUT2D eigenvalue weighted by atomic mass is 35.5. The second-order valence-electron chi connectivity index (χ2n) is 3.06. The van der Waals surface area contributed by atoms with E-state index in [1.165, 1.54) is 0 Å². The molecule has 0 fully saturated rings. The average molecular weight is 224 g/mol. The van der Waals surface area contributed by atoms with E-state index in [9.17, 15) is 4.79 Å². The van der Waals surface area contributed by atoms with Crippen molar-refractivity contribution in [1.29, 1.82) is 0 Å². The van der Waals surface area contributed by atoms with Crippen molar-refractivity contribution in [1.82, 2.24) is 4.98 Å². The van der Waals surface area contributed by atoms with Crippen LogP contribution in [0.1, 0.15) is 5.56 Å². The lowest BCUT2D eigenvalue weighted by molar-refractivity contribution is -0.136. The Morgan fingerprint density at radius 1 is 1.27 bits per heavy atom. The molecule has 1 aromatic heterocycles. The van der Waals surface area contributed by atoms with Gasteiger partial charge in [0, 0.05) is 11.6 Å². The van der Waals surface area contributed by atoms with Crippen molar-refractivity contribution in [2.24, 2.45) is 0 Å². The first-order valence-electron chi connectivity index (χ1n) is 4.32. The zero-order valence-electron chi connectivity index (χ0n) is 7.88. The third-order valence-electron chi connectivity index (χ3n) is 2.08. The van der Waals surface area contributed by atoms with Gasteiger partial charge in [-0.3, -0.25) is 9.78 Å². The number of hydrogen-bond donors (Lipinski definition) is 1. The smallest absolute Gasteiger partial charge is 0.307 e. The molecule has 0 aliphatic rings. The van der Waals surface area contributed by atoms with Gasteiger partial charge in [-0.2, -0.15) is 0 Å². The van der Waals surface area contributed by atoms with Crippen molar-refractivity contribution >= 4 is 29.3 Å². The van der Waals surface area contributed by atoms with Crippen molar-refractivity contribution in [2.45, 2.75) is 6.42 Å². The summed E-state index contributed by atoms with van der Waals surface area (Å²) in [5, 5.41) is 9.62. The highest BCUT2D eigenvalue weighted by Gasteiger charge is 2.04. The molecule has 1 aromatic carbocycles. The topological polar surface area (TPSA) is 50.2 Å². The van der Waals surface area contributed by atoms with E-state index in [0.29, 0.717) is 0 Å². The van der Waals surface area contributed by atoms with Gasteiger partial charge < -0.3 is 5.11 Å². The van der Waals surface area contributed by atoms with E-state index in [1.807, 2.05) is 30.3 Å². The maximum Gasteiger partial charge on any atom is 0.307 e. The van der Waals surface area contributed by atoms with Gasteiger partial charge in [0.25, 0.3) is 0 Å². The summed E-state index contributed by atoms with van der Waals surface area (Å²) < 4.78 is 0. The third-order valence-corrected chi connectivity index (χ3v) is 2.08. The van der Waals surface area contributed by atoms with Crippen molar-refractivity contribution < 1.29 is 9.90 Å². The summed E-state index contributed by atoms with van der Waals surface area (Å²) in [6.07, 6.45) is 1.75. The summed E-state index contributed by atoms with van der Waals surface area (Å²) in [5.41, 5.74) is 1.65. The van der Waals surface area contributed by atoms with Gasteiger partial charge in [0.2, 0.25) is 0 Å². The zero-order valence-corrected chi connectivity index (χ0v) is 8.70. The molecule has 0 spiro atoms. The van der Waals surface area contributed by atoms with Crippen LogP contribution in [0, 0.1) is 0 Å². The Morgan fingerprint density at radius 2 is 2.07 bits per heavy atom. The first-order chi connectivity index (χ1) is 6.77. The lowest BCUT2D eigenvalue weighted by Crippen LogP contribution is -2.00. The predicted octanol–water partition coefficient (Wildman–Crippen LogP) is 2.28. The van der Waals surface area contributed by atoms with E-state index >= 15 is 0 Å². The summed E-state index contributed by atoms with van der Waals surface area (Å²) in [5.74, 6) is -0.818. The molecule has 15 heavy (non-hydrogen) atoms. The molecular weight excluding hydrogens is 214 g/mol. The molecule has 0 unspecified atom stereocenters. The van der Waals surface area contributed by atoms with Crippen molar-refractivity contribution in [3.8, 4) is 0 Å². The highest BCUT2D eigenvalue weighted by Crippen LogP contribution is 2.16. The number of benzene rings is 1. The Kier molecular flexibility index (Phi) is 3.63. The van der Waals surface area contributed by atoms with Gasteiger partial charge in [0.05, 0.1) is 11.9 Å². The Labute approximate surface area is 93.2 Å². The summed E-state index contributed by atoms with van der Waals surface area (Å²) in [7, 11) is 0. The van der Waals surface area contributed by atoms with Crippen LogP contribution in [0.15, 0.2) is 36.5 Å². The average Bonchev–Trinajstić information content (AvgIpc) is 2.18. The molecule has 3 nitrogen and oxygen atoms in total. The fourth-order valence-electron chi connectivity index (χ4n) is 1.48. The molecular formula is C11H10ClNO2. The van der Waals surface area contributed by atoms with Gasteiger partial charge in [-0.15, -0.1) is 12.4 Å². The standard InChI is InChI=1S/C11H9NO2.ClH/c13-11(14)7-8-3-1-5-10-9(8)4-2-6-12-10;/h1-6H,7H2,(H,13,14);1H. The Bertz CT molecular complexity index is 479. The summed E-state index contributed by atoms with van der Waals surface area (Å²) in [6.45, 7) is 0. The van der Waals surface area contributed by atoms with E-state index in [1.54, 1.807) is 6.20 Å². The fraction of sp³-hybridized carbons (Fsp3) is 0.0909. The first-order valence-corrected chi connectivity index (χ1v) is 4.32. The van der Waals surface area contributed by atoms with Crippen molar-refractivity contribution in [2.75, 3.05) is 0 Å². The number of halogens is 1. The Balaban J connectivity index is 0.00000112. The highest BCUT2D eigenvalue weighted by molar-refractivity contribution is 5.86. The number of nitrogens with zero attached hydrogens (tertiary/aromatic N) is 1. The molecule has 0 aliphatic carbocycles. The minimum atomic E-state index is -0.818. The number of carboxylic acid groups (broad SMARTS) is 1. The molecule has 1 N–H and O–H groups in total. The molecule has 0 radical (unpaired) electrons. The normalized spacial score (nSPS) is 9.60. The Hall–Kier alpha value is -1.61. The van der Waals surface area contributed by atoms with Crippen LogP contribution in [0.2, 0.25) is 0 Å². The molecule has 0 bridgehead atoms. The van der Waals surface area contributed by atoms with Crippen LogP contribution in [-0.4, -0.2) is 16.1 Å². The van der Waals surface area contributed by atoms with Crippen LogP contribution in [-0.2, 0) is 11.2 Å². The first kappa shape index (κ1) is 11.5. The molecule has 0 saturated heterocycles. The van der Waals surface area contributed by atoms with Crippen LogP contribution < -0.4 is 0 Å². The maximum absolute atomic E-state index is 10.6. The summed E-state index contributed by atoms with van der Waals surface area (Å²) in [4.78, 5) is 14.7. The van der Waals surface area contributed by atoms with Gasteiger partial charge in [0.15, 0.2) is 0 Å². The number of fused-ring (bicyclic) bond motifs is 1. The molecule has 2 aromatic rings. The van der Waals surface area contributed by atoms with Crippen molar-refractivity contribution in [3.63, 3.8) is 0 Å². The zero-order chi connectivity index (χ0) is 9.97. The maximum atomic E-state index is 10.6. The third kappa shape index (κ3) is 2.44. The lowest BCUT2D eigenvalue weighted by atomic mass is 10.1. The molecule has 78 valence electrons. The van der Waals surface area contributed by atoms with E-state index in [0.717, 1.165) is 16.5 Å². The molecule has 2 rings (SSSR count). The molecule has 0 atom stereocenters. The van der Waals surface area contributed by atoms with Crippen LogP contribution in [0.4, 0.5) is 0 Å². The monoisotopic (exact) mass is 223 g/mol. The minimum absolute atomic E-state index is 0. The van der Waals surface area contributed by atoms with Gasteiger partial charge in [-0.1, -0.05) is 18.2 Å². The van der Waals surface area contributed by atoms with E-state index in [4.69, 9.17) is 5.11 Å². The number of hydrogen-bond acceptors (Lipinski definition) is 2. The van der Waals surface area contributed by atoms with Crippen LogP contribution in [0.25, 0.3) is 10.9 Å². The van der Waals surface area contributed by atoms with E-state index in [-0.39, 0.29) is 18.8 Å². The minimum Gasteiger partial charge on any atom is -0.481 e. The number of aromatic nitrogens is 1. The number of pyridine rings is 1. The fourth-order valence-corrected chi connectivity index (χ4v) is 1.48. The van der Waals surface area contributed by atoms with Gasteiger partial charge in [-0.05, 0) is 17.7 Å². The van der Waals surface area contributed by atoms with E-state index in [2.05, 4.69) is 4.98 Å². The van der Waals surface area contributed by atoms with Crippen LogP contribution >= 0.6 is 12.4 Å². The summed E-state index contributed by atoms with van der Waals surface area (Å²) >= 11 is 0. The molecule has 0 aliphatic heterocycles. The predicted molar refractivity (Wildman–Crippen MR) is 60.3 cm³/mol. The Morgan fingerprint density at radius 3 is 2.80 bits per heavy atom. The number of carboxylic acids is 1. The molecule has 0 amide bonds. The number of rotatable bonds is 2. The summed E-state index contributed by atoms with van der Waals surface area (Å²) in [6, 6.07) is 9.22. The van der Waals surface area contributed by atoms with Crippen LogP contribution in [0.3, 0.4) is 0 Å². The quantitative estimate of drug-likeness (QED) is 0.850. The van der Waals surface area contributed by atoms with Crippen molar-refractivity contribution in [3.05, 3.63) is 42.1 Å².